The minimum atomic E-state index is 0.678. The molecule has 0 fully saturated rings. The van der Waals surface area contributed by atoms with E-state index in [1.165, 1.54) is 5.69 Å². The lowest BCUT2D eigenvalue weighted by Crippen LogP contribution is -2.22. The third-order valence-corrected chi connectivity index (χ3v) is 1.54. The molecule has 1 heterocycles. The van der Waals surface area contributed by atoms with Crippen LogP contribution < -0.4 is 11.1 Å². The van der Waals surface area contributed by atoms with E-state index in [1.807, 2.05) is 17.8 Å². The van der Waals surface area contributed by atoms with E-state index in [4.69, 9.17) is 5.73 Å². The Bertz CT molecular complexity index is 206. The first-order chi connectivity index (χ1) is 5.34. The first-order valence-corrected chi connectivity index (χ1v) is 3.70. The Hall–Kier alpha value is -0.870. The second kappa shape index (κ2) is 4.10. The molecule has 4 nitrogen and oxygen atoms in total. The van der Waals surface area contributed by atoms with Gasteiger partial charge in [0.25, 0.3) is 0 Å². The van der Waals surface area contributed by atoms with E-state index in [2.05, 4.69) is 10.3 Å². The van der Waals surface area contributed by atoms with Crippen molar-refractivity contribution < 1.29 is 0 Å². The summed E-state index contributed by atoms with van der Waals surface area (Å²) in [5.74, 6) is 0. The highest BCUT2D eigenvalue weighted by molar-refractivity contribution is 4.96. The quantitative estimate of drug-likeness (QED) is 0.573. The molecule has 0 aromatic carbocycles. The predicted molar refractivity (Wildman–Crippen MR) is 44.0 cm³/mol. The zero-order valence-electron chi connectivity index (χ0n) is 6.75. The van der Waals surface area contributed by atoms with Gasteiger partial charge in [0.1, 0.15) is 0 Å². The van der Waals surface area contributed by atoms with E-state index < -0.39 is 0 Å². The molecule has 4 heteroatoms. The Morgan fingerprint density at radius 1 is 1.73 bits per heavy atom. The molecule has 0 aliphatic rings. The minimum absolute atomic E-state index is 0.678. The molecule has 0 spiro atoms. The summed E-state index contributed by atoms with van der Waals surface area (Å²) in [4.78, 5) is 3.99. The van der Waals surface area contributed by atoms with Crippen LogP contribution in [0.2, 0.25) is 0 Å². The maximum atomic E-state index is 5.32. The molecule has 0 aliphatic heterocycles. The van der Waals surface area contributed by atoms with Crippen LogP contribution in [0.25, 0.3) is 0 Å². The molecule has 0 saturated heterocycles. The van der Waals surface area contributed by atoms with Crippen molar-refractivity contribution in [3.63, 3.8) is 0 Å². The van der Waals surface area contributed by atoms with Gasteiger partial charge in [-0.25, -0.2) is 4.98 Å². The molecular weight excluding hydrogens is 140 g/mol. The number of hydrogen-bond acceptors (Lipinski definition) is 3. The molecule has 0 radical (unpaired) electrons. The molecule has 0 unspecified atom stereocenters. The zero-order valence-corrected chi connectivity index (χ0v) is 6.75. The number of aryl methyl sites for hydroxylation is 1. The van der Waals surface area contributed by atoms with Crippen LogP contribution in [0, 0.1) is 0 Å². The molecule has 62 valence electrons. The molecule has 0 amide bonds. The fourth-order valence-corrected chi connectivity index (χ4v) is 0.873. The van der Waals surface area contributed by atoms with Gasteiger partial charge in [-0.05, 0) is 0 Å². The van der Waals surface area contributed by atoms with Gasteiger partial charge in [0, 0.05) is 32.9 Å². The van der Waals surface area contributed by atoms with E-state index in [-0.39, 0.29) is 0 Å². The van der Waals surface area contributed by atoms with Crippen LogP contribution in [0.15, 0.2) is 12.5 Å². The summed E-state index contributed by atoms with van der Waals surface area (Å²) in [5.41, 5.74) is 6.50. The van der Waals surface area contributed by atoms with Crippen molar-refractivity contribution in [2.45, 2.75) is 6.54 Å². The third kappa shape index (κ3) is 2.32. The van der Waals surface area contributed by atoms with Gasteiger partial charge in [0.05, 0.1) is 12.0 Å². The SMILES string of the molecule is Cn1cncc1CNCCN. The van der Waals surface area contributed by atoms with Gasteiger partial charge >= 0.3 is 0 Å². The molecular formula is C7H14N4. The van der Waals surface area contributed by atoms with Crippen molar-refractivity contribution >= 4 is 0 Å². The number of aromatic nitrogens is 2. The van der Waals surface area contributed by atoms with Gasteiger partial charge in [-0.2, -0.15) is 0 Å². The van der Waals surface area contributed by atoms with Crippen LogP contribution in [0.4, 0.5) is 0 Å². The largest absolute Gasteiger partial charge is 0.337 e. The van der Waals surface area contributed by atoms with Crippen molar-refractivity contribution in [1.82, 2.24) is 14.9 Å². The average molecular weight is 154 g/mol. The third-order valence-electron chi connectivity index (χ3n) is 1.54. The van der Waals surface area contributed by atoms with Crippen molar-refractivity contribution in [3.05, 3.63) is 18.2 Å². The Morgan fingerprint density at radius 3 is 3.09 bits per heavy atom. The summed E-state index contributed by atoms with van der Waals surface area (Å²) in [7, 11) is 1.98. The molecule has 1 aromatic rings. The van der Waals surface area contributed by atoms with Gasteiger partial charge in [0.15, 0.2) is 0 Å². The molecule has 0 aliphatic carbocycles. The van der Waals surface area contributed by atoms with Crippen molar-refractivity contribution in [3.8, 4) is 0 Å². The first kappa shape index (κ1) is 8.23. The van der Waals surface area contributed by atoms with Gasteiger partial charge < -0.3 is 15.6 Å². The molecule has 11 heavy (non-hydrogen) atoms. The second-order valence-electron chi connectivity index (χ2n) is 2.46. The van der Waals surface area contributed by atoms with Crippen LogP contribution in [-0.2, 0) is 13.6 Å². The Morgan fingerprint density at radius 2 is 2.55 bits per heavy atom. The standard InChI is InChI=1S/C7H14N4/c1-11-6-10-5-7(11)4-9-3-2-8/h5-6,9H,2-4,8H2,1H3. The predicted octanol–water partition coefficient (Wildman–Crippen LogP) is -0.532. The summed E-state index contributed by atoms with van der Waals surface area (Å²) in [6.45, 7) is 2.37. The van der Waals surface area contributed by atoms with Crippen LogP contribution >= 0.6 is 0 Å². The molecule has 3 N–H and O–H groups in total. The maximum absolute atomic E-state index is 5.32. The second-order valence-corrected chi connectivity index (χ2v) is 2.46. The summed E-state index contributed by atoms with van der Waals surface area (Å²) in [6.07, 6.45) is 3.64. The monoisotopic (exact) mass is 154 g/mol. The highest BCUT2D eigenvalue weighted by Gasteiger charge is 1.94. The van der Waals surface area contributed by atoms with Crippen LogP contribution in [0.5, 0.6) is 0 Å². The van der Waals surface area contributed by atoms with Crippen LogP contribution in [0.3, 0.4) is 0 Å². The lowest BCUT2D eigenvalue weighted by atomic mass is 10.4. The highest BCUT2D eigenvalue weighted by Crippen LogP contribution is 1.93. The summed E-state index contributed by atoms with van der Waals surface area (Å²) >= 11 is 0. The highest BCUT2D eigenvalue weighted by atomic mass is 15.0. The van der Waals surface area contributed by atoms with E-state index in [0.717, 1.165) is 13.1 Å². The Labute approximate surface area is 66.4 Å². The number of nitrogens with two attached hydrogens (primary N) is 1. The summed E-state index contributed by atoms with van der Waals surface area (Å²) in [5, 5.41) is 3.19. The van der Waals surface area contributed by atoms with E-state index in [1.54, 1.807) is 6.33 Å². The van der Waals surface area contributed by atoms with Gasteiger partial charge in [0.2, 0.25) is 0 Å². The lowest BCUT2D eigenvalue weighted by molar-refractivity contribution is 0.659. The van der Waals surface area contributed by atoms with E-state index >= 15 is 0 Å². The van der Waals surface area contributed by atoms with E-state index in [0.29, 0.717) is 6.54 Å². The van der Waals surface area contributed by atoms with Crippen LogP contribution in [-0.4, -0.2) is 22.6 Å². The normalized spacial score (nSPS) is 10.4. The maximum Gasteiger partial charge on any atom is 0.0945 e. The molecule has 0 saturated carbocycles. The van der Waals surface area contributed by atoms with Crippen molar-refractivity contribution in [1.29, 1.82) is 0 Å². The summed E-state index contributed by atoms with van der Waals surface area (Å²) < 4.78 is 1.99. The fourth-order valence-electron chi connectivity index (χ4n) is 0.873. The number of nitrogens with one attached hydrogen (secondary N) is 1. The number of rotatable bonds is 4. The molecule has 0 atom stereocenters. The van der Waals surface area contributed by atoms with Gasteiger partial charge in [-0.1, -0.05) is 0 Å². The number of hydrogen-bond donors (Lipinski definition) is 2. The van der Waals surface area contributed by atoms with Crippen molar-refractivity contribution in [2.24, 2.45) is 12.8 Å². The van der Waals surface area contributed by atoms with Crippen LogP contribution in [0.1, 0.15) is 5.69 Å². The lowest BCUT2D eigenvalue weighted by Gasteiger charge is -2.02. The van der Waals surface area contributed by atoms with Gasteiger partial charge in [-0.3, -0.25) is 0 Å². The molecule has 0 bridgehead atoms. The molecule has 1 aromatic heterocycles. The smallest absolute Gasteiger partial charge is 0.0945 e. The van der Waals surface area contributed by atoms with Gasteiger partial charge in [-0.15, -0.1) is 0 Å². The van der Waals surface area contributed by atoms with E-state index in [9.17, 15) is 0 Å². The Kier molecular flexibility index (Phi) is 3.07. The molecule has 1 rings (SSSR count). The first-order valence-electron chi connectivity index (χ1n) is 3.70. The number of imidazole rings is 1. The minimum Gasteiger partial charge on any atom is -0.337 e. The number of nitrogens with zero attached hydrogens (tertiary/aromatic N) is 2. The summed E-state index contributed by atoms with van der Waals surface area (Å²) in [6, 6.07) is 0. The average Bonchev–Trinajstić information content (AvgIpc) is 2.37. The van der Waals surface area contributed by atoms with Crippen molar-refractivity contribution in [2.75, 3.05) is 13.1 Å². The Balaban J connectivity index is 2.32. The topological polar surface area (TPSA) is 55.9 Å². The fraction of sp³-hybridized carbons (Fsp3) is 0.571. The zero-order chi connectivity index (χ0) is 8.10.